The van der Waals surface area contributed by atoms with Crippen molar-refractivity contribution in [1.29, 1.82) is 0 Å². The lowest BCUT2D eigenvalue weighted by Crippen LogP contribution is -2.37. The number of nitrogens with one attached hydrogen (secondary N) is 2. The Morgan fingerprint density at radius 3 is 2.21 bits per heavy atom. The van der Waals surface area contributed by atoms with Gasteiger partial charge in [0.15, 0.2) is 0 Å². The van der Waals surface area contributed by atoms with Gasteiger partial charge in [-0.05, 0) is 64.8 Å². The molecular formula is C26H43N3O4. The van der Waals surface area contributed by atoms with Gasteiger partial charge >= 0.3 is 0 Å². The van der Waals surface area contributed by atoms with Gasteiger partial charge in [-0.3, -0.25) is 9.59 Å². The van der Waals surface area contributed by atoms with E-state index in [-0.39, 0.29) is 17.7 Å². The van der Waals surface area contributed by atoms with Crippen LogP contribution in [0.25, 0.3) is 0 Å². The van der Waals surface area contributed by atoms with Gasteiger partial charge in [0.05, 0.1) is 13.2 Å². The Labute approximate surface area is 199 Å². The molecule has 7 nitrogen and oxygen atoms in total. The molecule has 1 aromatic carbocycles. The van der Waals surface area contributed by atoms with Crippen LogP contribution in [0, 0.1) is 11.8 Å². The van der Waals surface area contributed by atoms with Gasteiger partial charge in [-0.15, -0.1) is 0 Å². The number of benzene rings is 1. The van der Waals surface area contributed by atoms with Crippen molar-refractivity contribution in [3.8, 4) is 11.5 Å². The number of carbonyl (C=O) groups is 2. The van der Waals surface area contributed by atoms with E-state index in [0.29, 0.717) is 49.3 Å². The highest BCUT2D eigenvalue weighted by Gasteiger charge is 2.22. The van der Waals surface area contributed by atoms with Crippen molar-refractivity contribution >= 4 is 11.8 Å². The van der Waals surface area contributed by atoms with E-state index < -0.39 is 0 Å². The highest BCUT2D eigenvalue weighted by Crippen LogP contribution is 2.25. The highest BCUT2D eigenvalue weighted by atomic mass is 16.5. The quantitative estimate of drug-likeness (QED) is 0.415. The smallest absolute Gasteiger partial charge is 0.251 e. The van der Waals surface area contributed by atoms with Crippen molar-refractivity contribution in [3.05, 3.63) is 23.8 Å². The SMILES string of the molecule is CCOc1cc(OCC)cc(C(=O)NCC(CC)CCN(C)CCNC(=O)C2CCCC2)c1. The second-order valence-corrected chi connectivity index (χ2v) is 8.91. The molecule has 7 heteroatoms. The lowest BCUT2D eigenvalue weighted by Gasteiger charge is -2.22. The summed E-state index contributed by atoms with van der Waals surface area (Å²) in [6.07, 6.45) is 6.42. The van der Waals surface area contributed by atoms with Crippen LogP contribution in [0.1, 0.15) is 69.7 Å². The molecule has 0 radical (unpaired) electrons. The van der Waals surface area contributed by atoms with Gasteiger partial charge in [-0.25, -0.2) is 0 Å². The molecular weight excluding hydrogens is 418 g/mol. The Kier molecular flexibility index (Phi) is 12.1. The fourth-order valence-corrected chi connectivity index (χ4v) is 4.21. The molecule has 1 unspecified atom stereocenters. The fourth-order valence-electron chi connectivity index (χ4n) is 4.21. The fraction of sp³-hybridized carbons (Fsp3) is 0.692. The number of ether oxygens (including phenoxy) is 2. The van der Waals surface area contributed by atoms with E-state index in [9.17, 15) is 9.59 Å². The predicted octanol–water partition coefficient (Wildman–Crippen LogP) is 3.87. The molecule has 1 saturated carbocycles. The van der Waals surface area contributed by atoms with Gasteiger partial charge in [0.1, 0.15) is 11.5 Å². The Hall–Kier alpha value is -2.28. The molecule has 1 aromatic rings. The minimum atomic E-state index is -0.112. The highest BCUT2D eigenvalue weighted by molar-refractivity contribution is 5.95. The summed E-state index contributed by atoms with van der Waals surface area (Å²) in [5.41, 5.74) is 0.550. The van der Waals surface area contributed by atoms with Crippen molar-refractivity contribution in [2.45, 2.75) is 59.3 Å². The molecule has 2 amide bonds. The van der Waals surface area contributed by atoms with E-state index >= 15 is 0 Å². The van der Waals surface area contributed by atoms with Crippen LogP contribution in [0.2, 0.25) is 0 Å². The molecule has 0 heterocycles. The molecule has 1 atom stereocenters. The van der Waals surface area contributed by atoms with E-state index in [1.807, 2.05) is 19.9 Å². The summed E-state index contributed by atoms with van der Waals surface area (Å²) in [6.45, 7) is 10.1. The summed E-state index contributed by atoms with van der Waals surface area (Å²) >= 11 is 0. The molecule has 0 aliphatic heterocycles. The van der Waals surface area contributed by atoms with Crippen LogP contribution in [0.4, 0.5) is 0 Å². The summed E-state index contributed by atoms with van der Waals surface area (Å²) in [5.74, 6) is 2.01. The van der Waals surface area contributed by atoms with Crippen LogP contribution in [0.5, 0.6) is 11.5 Å². The molecule has 186 valence electrons. The van der Waals surface area contributed by atoms with Crippen molar-refractivity contribution in [2.75, 3.05) is 46.4 Å². The number of rotatable bonds is 15. The summed E-state index contributed by atoms with van der Waals surface area (Å²) in [4.78, 5) is 27.1. The van der Waals surface area contributed by atoms with Crippen molar-refractivity contribution < 1.29 is 19.1 Å². The molecule has 0 bridgehead atoms. The monoisotopic (exact) mass is 461 g/mol. The van der Waals surface area contributed by atoms with Crippen molar-refractivity contribution in [1.82, 2.24) is 15.5 Å². The third-order valence-corrected chi connectivity index (χ3v) is 6.33. The zero-order valence-corrected chi connectivity index (χ0v) is 21.0. The number of hydrogen-bond acceptors (Lipinski definition) is 5. The number of nitrogens with zero attached hydrogens (tertiary/aromatic N) is 1. The maximum absolute atomic E-state index is 12.8. The van der Waals surface area contributed by atoms with Gasteiger partial charge in [0, 0.05) is 37.2 Å². The Morgan fingerprint density at radius 1 is 1.00 bits per heavy atom. The second-order valence-electron chi connectivity index (χ2n) is 8.91. The maximum atomic E-state index is 12.8. The number of likely N-dealkylation sites (N-methyl/N-ethyl adjacent to an activating group) is 1. The zero-order valence-electron chi connectivity index (χ0n) is 21.0. The standard InChI is InChI=1S/C26H43N3O4/c1-5-20(12-14-29(4)15-13-27-25(30)21-10-8-9-11-21)19-28-26(31)22-16-23(32-6-2)18-24(17-22)33-7-3/h16-18,20-21H,5-15,19H2,1-4H3,(H,27,30)(H,28,31). The third-order valence-electron chi connectivity index (χ3n) is 6.33. The Balaban J connectivity index is 1.74. The summed E-state index contributed by atoms with van der Waals surface area (Å²) in [7, 11) is 2.08. The minimum absolute atomic E-state index is 0.112. The van der Waals surface area contributed by atoms with Crippen LogP contribution in [0.3, 0.4) is 0 Å². The van der Waals surface area contributed by atoms with Crippen LogP contribution in [0.15, 0.2) is 18.2 Å². The lowest BCUT2D eigenvalue weighted by molar-refractivity contribution is -0.124. The van der Waals surface area contributed by atoms with Crippen LogP contribution in [-0.2, 0) is 4.79 Å². The molecule has 1 fully saturated rings. The normalized spacial score (nSPS) is 14.8. The maximum Gasteiger partial charge on any atom is 0.251 e. The van der Waals surface area contributed by atoms with Crippen LogP contribution in [-0.4, -0.2) is 63.2 Å². The van der Waals surface area contributed by atoms with Gasteiger partial charge in [-0.1, -0.05) is 26.2 Å². The second kappa shape index (κ2) is 14.8. The summed E-state index contributed by atoms with van der Waals surface area (Å²) < 4.78 is 11.2. The lowest BCUT2D eigenvalue weighted by atomic mass is 10.0. The molecule has 1 aliphatic carbocycles. The predicted molar refractivity (Wildman–Crippen MR) is 132 cm³/mol. The van der Waals surface area contributed by atoms with E-state index in [1.54, 1.807) is 12.1 Å². The Morgan fingerprint density at radius 2 is 1.64 bits per heavy atom. The van der Waals surface area contributed by atoms with Gasteiger partial charge < -0.3 is 25.0 Å². The van der Waals surface area contributed by atoms with Gasteiger partial charge in [0.2, 0.25) is 5.91 Å². The first-order valence-electron chi connectivity index (χ1n) is 12.6. The first-order chi connectivity index (χ1) is 16.0. The van der Waals surface area contributed by atoms with Crippen molar-refractivity contribution in [2.24, 2.45) is 11.8 Å². The average Bonchev–Trinajstić information content (AvgIpc) is 3.34. The first kappa shape index (κ1) is 27.0. The molecule has 0 spiro atoms. The molecule has 0 saturated heterocycles. The summed E-state index contributed by atoms with van der Waals surface area (Å²) in [5, 5.41) is 6.16. The van der Waals surface area contributed by atoms with Crippen LogP contribution < -0.4 is 20.1 Å². The third kappa shape index (κ3) is 9.62. The number of amides is 2. The van der Waals surface area contributed by atoms with Crippen molar-refractivity contribution in [3.63, 3.8) is 0 Å². The zero-order chi connectivity index (χ0) is 24.1. The van der Waals surface area contributed by atoms with Crippen LogP contribution >= 0.6 is 0 Å². The first-order valence-corrected chi connectivity index (χ1v) is 12.6. The molecule has 2 N–H and O–H groups in total. The number of carbonyl (C=O) groups excluding carboxylic acids is 2. The molecule has 2 rings (SSSR count). The summed E-state index contributed by atoms with van der Waals surface area (Å²) in [6, 6.07) is 5.33. The van der Waals surface area contributed by atoms with E-state index in [2.05, 4.69) is 29.5 Å². The van der Waals surface area contributed by atoms with E-state index in [4.69, 9.17) is 9.47 Å². The minimum Gasteiger partial charge on any atom is -0.494 e. The molecule has 33 heavy (non-hydrogen) atoms. The van der Waals surface area contributed by atoms with Gasteiger partial charge in [-0.2, -0.15) is 0 Å². The molecule has 1 aliphatic rings. The largest absolute Gasteiger partial charge is 0.494 e. The average molecular weight is 462 g/mol. The van der Waals surface area contributed by atoms with E-state index in [1.165, 1.54) is 12.8 Å². The van der Waals surface area contributed by atoms with Gasteiger partial charge in [0.25, 0.3) is 5.91 Å². The Bertz CT molecular complexity index is 710. The number of hydrogen-bond donors (Lipinski definition) is 2. The molecule has 0 aromatic heterocycles. The topological polar surface area (TPSA) is 79.9 Å². The van der Waals surface area contributed by atoms with E-state index in [0.717, 1.165) is 38.8 Å².